The molecule has 0 amide bonds. The van der Waals surface area contributed by atoms with Crippen LogP contribution in [0, 0.1) is 6.92 Å². The van der Waals surface area contributed by atoms with Gasteiger partial charge in [0.1, 0.15) is 11.5 Å². The van der Waals surface area contributed by atoms with Crippen molar-refractivity contribution in [2.45, 2.75) is 39.7 Å². The molecular formula is C30H28N2O4S. The van der Waals surface area contributed by atoms with Crippen LogP contribution in [0.5, 0.6) is 0 Å². The van der Waals surface area contributed by atoms with Crippen molar-refractivity contribution in [3.8, 4) is 0 Å². The second kappa shape index (κ2) is 10.2. The van der Waals surface area contributed by atoms with Crippen LogP contribution in [-0.4, -0.2) is 17.1 Å². The number of aromatic nitrogens is 1. The van der Waals surface area contributed by atoms with Gasteiger partial charge in [0.25, 0.3) is 5.56 Å². The van der Waals surface area contributed by atoms with Crippen molar-refractivity contribution in [1.29, 1.82) is 0 Å². The van der Waals surface area contributed by atoms with Gasteiger partial charge < -0.3 is 9.15 Å². The second-order valence-electron chi connectivity index (χ2n) is 9.20. The van der Waals surface area contributed by atoms with Crippen LogP contribution in [0.4, 0.5) is 0 Å². The fraction of sp³-hybridized carbons (Fsp3) is 0.233. The molecule has 2 aromatic heterocycles. The van der Waals surface area contributed by atoms with E-state index in [-0.39, 0.29) is 12.2 Å². The van der Waals surface area contributed by atoms with Crippen molar-refractivity contribution in [2.24, 2.45) is 4.99 Å². The summed E-state index contributed by atoms with van der Waals surface area (Å²) >= 11 is 1.28. The number of carbonyl (C=O) groups excluding carboxylic acids is 1. The summed E-state index contributed by atoms with van der Waals surface area (Å²) in [6.07, 6.45) is 1.73. The molecule has 7 heteroatoms. The van der Waals surface area contributed by atoms with E-state index in [2.05, 4.69) is 13.8 Å². The van der Waals surface area contributed by atoms with Gasteiger partial charge in [-0.05, 0) is 43.0 Å². The van der Waals surface area contributed by atoms with Gasteiger partial charge in [-0.25, -0.2) is 9.79 Å². The number of hydrogen-bond acceptors (Lipinski definition) is 6. The largest absolute Gasteiger partial charge is 0.463 e. The van der Waals surface area contributed by atoms with Gasteiger partial charge in [0, 0.05) is 11.6 Å². The molecule has 0 unspecified atom stereocenters. The van der Waals surface area contributed by atoms with Crippen LogP contribution in [0.3, 0.4) is 0 Å². The molecule has 0 fully saturated rings. The summed E-state index contributed by atoms with van der Waals surface area (Å²) < 4.78 is 13.3. The third kappa shape index (κ3) is 4.74. The molecule has 0 aliphatic carbocycles. The summed E-state index contributed by atoms with van der Waals surface area (Å²) in [5.74, 6) is 1.22. The topological polar surface area (TPSA) is 73.8 Å². The molecule has 3 heterocycles. The maximum atomic E-state index is 13.8. The molecule has 0 radical (unpaired) electrons. The zero-order valence-electron chi connectivity index (χ0n) is 21.2. The molecule has 0 spiro atoms. The van der Waals surface area contributed by atoms with E-state index in [9.17, 15) is 9.59 Å². The number of hydrogen-bond donors (Lipinski definition) is 0. The highest BCUT2D eigenvalue weighted by Gasteiger charge is 2.35. The van der Waals surface area contributed by atoms with Crippen molar-refractivity contribution >= 4 is 29.1 Å². The third-order valence-electron chi connectivity index (χ3n) is 6.33. The molecule has 0 saturated carbocycles. The molecule has 2 aromatic carbocycles. The van der Waals surface area contributed by atoms with Crippen LogP contribution >= 0.6 is 11.3 Å². The third-order valence-corrected chi connectivity index (χ3v) is 7.31. The number of carbonyl (C=O) groups is 1. The smallest absolute Gasteiger partial charge is 0.338 e. The summed E-state index contributed by atoms with van der Waals surface area (Å²) in [7, 11) is 0. The standard InChI is InChI=1S/C30H28N2O4S/c1-5-35-29(34)25-26(21-9-7-6-8-10-21)31-30-32(27(25)22-14-12-20(13-15-22)18(2)3)28(33)24(37-30)17-23-16-11-19(4)36-23/h6-18,27H,5H2,1-4H3/b24-17-/t27-/m1/s1. The second-order valence-corrected chi connectivity index (χ2v) is 10.2. The lowest BCUT2D eigenvalue weighted by Gasteiger charge is -2.26. The molecule has 1 aliphatic rings. The lowest BCUT2D eigenvalue weighted by molar-refractivity contribution is -0.138. The zero-order chi connectivity index (χ0) is 26.1. The fourth-order valence-corrected chi connectivity index (χ4v) is 5.46. The number of benzene rings is 2. The number of fused-ring (bicyclic) bond motifs is 1. The Bertz CT molecular complexity index is 1650. The molecule has 5 rings (SSSR count). The first-order chi connectivity index (χ1) is 17.9. The molecule has 1 aliphatic heterocycles. The summed E-state index contributed by atoms with van der Waals surface area (Å²) in [5.41, 5.74) is 3.40. The molecule has 0 bridgehead atoms. The summed E-state index contributed by atoms with van der Waals surface area (Å²) in [6, 6.07) is 20.6. The average Bonchev–Trinajstić information content (AvgIpc) is 3.45. The van der Waals surface area contributed by atoms with Crippen LogP contribution in [0.1, 0.15) is 60.9 Å². The SMILES string of the molecule is CCOC(=O)C1=C(c2ccccc2)N=c2s/c(=C\c3ccc(C)o3)c(=O)n2[C@@H]1c1ccc(C(C)C)cc1. The van der Waals surface area contributed by atoms with Gasteiger partial charge in [-0.2, -0.15) is 0 Å². The van der Waals surface area contributed by atoms with E-state index in [0.717, 1.165) is 16.9 Å². The van der Waals surface area contributed by atoms with E-state index in [1.165, 1.54) is 16.9 Å². The maximum Gasteiger partial charge on any atom is 0.338 e. The predicted molar refractivity (Wildman–Crippen MR) is 145 cm³/mol. The van der Waals surface area contributed by atoms with Crippen molar-refractivity contribution < 1.29 is 13.9 Å². The summed E-state index contributed by atoms with van der Waals surface area (Å²) in [6.45, 7) is 8.11. The van der Waals surface area contributed by atoms with Crippen LogP contribution in [-0.2, 0) is 9.53 Å². The Labute approximate surface area is 218 Å². The zero-order valence-corrected chi connectivity index (χ0v) is 22.0. The number of furan rings is 1. The first-order valence-corrected chi connectivity index (χ1v) is 13.1. The quantitative estimate of drug-likeness (QED) is 0.342. The Kier molecular flexibility index (Phi) is 6.80. The summed E-state index contributed by atoms with van der Waals surface area (Å²) in [5, 5.41) is 0. The minimum Gasteiger partial charge on any atom is -0.463 e. The monoisotopic (exact) mass is 512 g/mol. The Morgan fingerprint density at radius 2 is 1.84 bits per heavy atom. The highest BCUT2D eigenvalue weighted by atomic mass is 32.1. The van der Waals surface area contributed by atoms with Gasteiger partial charge in [-0.3, -0.25) is 9.36 Å². The number of thiazole rings is 1. The lowest BCUT2D eigenvalue weighted by atomic mass is 9.91. The first-order valence-electron chi connectivity index (χ1n) is 12.3. The lowest BCUT2D eigenvalue weighted by Crippen LogP contribution is -2.40. The molecule has 0 saturated heterocycles. The van der Waals surface area contributed by atoms with E-state index < -0.39 is 12.0 Å². The molecule has 0 N–H and O–H groups in total. The first kappa shape index (κ1) is 24.7. The van der Waals surface area contributed by atoms with Gasteiger partial charge in [-0.1, -0.05) is 79.8 Å². The van der Waals surface area contributed by atoms with Crippen molar-refractivity contribution in [2.75, 3.05) is 6.61 Å². The Morgan fingerprint density at radius 3 is 2.46 bits per heavy atom. The van der Waals surface area contributed by atoms with E-state index in [1.54, 1.807) is 17.6 Å². The van der Waals surface area contributed by atoms with Crippen molar-refractivity contribution in [3.05, 3.63) is 120 Å². The number of nitrogens with zero attached hydrogens (tertiary/aromatic N) is 2. The van der Waals surface area contributed by atoms with Crippen LogP contribution in [0.15, 0.2) is 86.5 Å². The van der Waals surface area contributed by atoms with Crippen LogP contribution in [0.25, 0.3) is 11.8 Å². The molecule has 6 nitrogen and oxygen atoms in total. The molecule has 4 aromatic rings. The van der Waals surface area contributed by atoms with Crippen molar-refractivity contribution in [3.63, 3.8) is 0 Å². The van der Waals surface area contributed by atoms with Gasteiger partial charge in [-0.15, -0.1) is 0 Å². The minimum atomic E-state index is -0.688. The number of esters is 1. The van der Waals surface area contributed by atoms with Crippen LogP contribution in [0.2, 0.25) is 0 Å². The number of aryl methyl sites for hydroxylation is 1. The van der Waals surface area contributed by atoms with Gasteiger partial charge >= 0.3 is 5.97 Å². The predicted octanol–water partition coefficient (Wildman–Crippen LogP) is 4.96. The average molecular weight is 513 g/mol. The fourth-order valence-electron chi connectivity index (χ4n) is 4.48. The summed E-state index contributed by atoms with van der Waals surface area (Å²) in [4.78, 5) is 32.7. The van der Waals surface area contributed by atoms with E-state index in [1.807, 2.05) is 73.7 Å². The van der Waals surface area contributed by atoms with Gasteiger partial charge in [0.05, 0.1) is 28.5 Å². The minimum absolute atomic E-state index is 0.214. The number of ether oxygens (including phenoxy) is 1. The Balaban J connectivity index is 1.81. The van der Waals surface area contributed by atoms with E-state index in [4.69, 9.17) is 14.1 Å². The van der Waals surface area contributed by atoms with E-state index in [0.29, 0.717) is 32.3 Å². The van der Waals surface area contributed by atoms with Gasteiger partial charge in [0.2, 0.25) is 0 Å². The van der Waals surface area contributed by atoms with Gasteiger partial charge in [0.15, 0.2) is 4.80 Å². The molecule has 188 valence electrons. The maximum absolute atomic E-state index is 13.8. The van der Waals surface area contributed by atoms with E-state index >= 15 is 0 Å². The van der Waals surface area contributed by atoms with Crippen LogP contribution < -0.4 is 14.9 Å². The van der Waals surface area contributed by atoms with Crippen molar-refractivity contribution in [1.82, 2.24) is 4.57 Å². The molecule has 1 atom stereocenters. The highest BCUT2D eigenvalue weighted by Crippen LogP contribution is 2.35. The number of rotatable bonds is 6. The Morgan fingerprint density at radius 1 is 1.11 bits per heavy atom. The normalized spacial score (nSPS) is 15.6. The molecule has 37 heavy (non-hydrogen) atoms. The molecular weight excluding hydrogens is 484 g/mol. The Hall–Kier alpha value is -3.97. The highest BCUT2D eigenvalue weighted by molar-refractivity contribution is 7.07.